The van der Waals surface area contributed by atoms with E-state index < -0.39 is 11.6 Å². The number of pyridine rings is 3. The Kier molecular flexibility index (Phi) is 18.4. The van der Waals surface area contributed by atoms with Crippen molar-refractivity contribution in [2.75, 3.05) is 52.4 Å². The molecule has 4 heterocycles. The van der Waals surface area contributed by atoms with Gasteiger partial charge in [0.05, 0.1) is 17.1 Å². The molecule has 0 saturated carbocycles. The van der Waals surface area contributed by atoms with E-state index in [2.05, 4.69) is 19.6 Å². The van der Waals surface area contributed by atoms with Gasteiger partial charge in [0, 0.05) is 90.2 Å². The van der Waals surface area contributed by atoms with E-state index in [1.54, 1.807) is 18.2 Å². The Balaban J connectivity index is 1.21. The highest BCUT2D eigenvalue weighted by molar-refractivity contribution is 5.76. The smallest absolute Gasteiger partial charge is 0.323 e. The summed E-state index contributed by atoms with van der Waals surface area (Å²) in [5, 5.41) is 0. The van der Waals surface area contributed by atoms with Crippen molar-refractivity contribution >= 4 is 5.97 Å². The van der Waals surface area contributed by atoms with Crippen molar-refractivity contribution in [1.29, 1.82) is 0 Å². The van der Waals surface area contributed by atoms with Crippen LogP contribution in [0.15, 0.2) is 160 Å². The lowest BCUT2D eigenvalue weighted by molar-refractivity contribution is -0.161. The highest BCUT2D eigenvalue weighted by Gasteiger charge is 2.31. The zero-order valence-electron chi connectivity index (χ0n) is 40.9. The van der Waals surface area contributed by atoms with Crippen molar-refractivity contribution in [3.63, 3.8) is 0 Å². The van der Waals surface area contributed by atoms with Crippen LogP contribution in [0.1, 0.15) is 67.9 Å². The number of hydrogen-bond donors (Lipinski definition) is 0. The quantitative estimate of drug-likeness (QED) is 0.104. The lowest BCUT2D eigenvalue weighted by atomic mass is 10.1. The maximum Gasteiger partial charge on any atom is 0.323 e. The Morgan fingerprint density at radius 2 is 0.771 bits per heavy atom. The summed E-state index contributed by atoms with van der Waals surface area (Å²) in [6.45, 7) is 13.8. The van der Waals surface area contributed by atoms with Crippen LogP contribution in [-0.2, 0) is 49.0 Å². The van der Waals surface area contributed by atoms with Gasteiger partial charge in [0.2, 0.25) is 0 Å². The SMILES string of the molecule is CCC(C(=O)OC(C)(C)C)N1CCN(Cc2cccc(=O)n2OCc2ccccc2)CCN(Cc2cccc(=O)n2OCc2ccccc2)CCN(Cc2cccc(=O)n2OCc2ccccc2)CC1. The molecule has 0 N–H and O–H groups in total. The third kappa shape index (κ3) is 15.1. The molecule has 0 bridgehead atoms. The van der Waals surface area contributed by atoms with Gasteiger partial charge in [-0.15, -0.1) is 14.2 Å². The van der Waals surface area contributed by atoms with Crippen LogP contribution in [0.4, 0.5) is 0 Å². The van der Waals surface area contributed by atoms with Gasteiger partial charge < -0.3 is 19.2 Å². The molecule has 1 aliphatic heterocycles. The van der Waals surface area contributed by atoms with E-state index in [4.69, 9.17) is 19.2 Å². The molecule has 370 valence electrons. The summed E-state index contributed by atoms with van der Waals surface area (Å²) in [6.07, 6.45) is 0.533. The van der Waals surface area contributed by atoms with E-state index in [1.165, 1.54) is 32.4 Å². The second-order valence-electron chi connectivity index (χ2n) is 18.5. The van der Waals surface area contributed by atoms with Gasteiger partial charge in [-0.2, -0.15) is 0 Å². The third-order valence-corrected chi connectivity index (χ3v) is 12.1. The van der Waals surface area contributed by atoms with Gasteiger partial charge in [-0.1, -0.05) is 116 Å². The van der Waals surface area contributed by atoms with Gasteiger partial charge >= 0.3 is 5.97 Å². The number of carbonyl (C=O) groups is 1. The number of nitrogens with zero attached hydrogens (tertiary/aromatic N) is 7. The molecule has 1 fully saturated rings. The van der Waals surface area contributed by atoms with Gasteiger partial charge in [0.15, 0.2) is 0 Å². The molecule has 1 aliphatic rings. The van der Waals surface area contributed by atoms with Gasteiger partial charge in [0.25, 0.3) is 16.7 Å². The predicted octanol–water partition coefficient (Wildman–Crippen LogP) is 5.30. The van der Waals surface area contributed by atoms with Crippen LogP contribution >= 0.6 is 0 Å². The maximum absolute atomic E-state index is 14.0. The summed E-state index contributed by atoms with van der Waals surface area (Å²) in [5.41, 5.74) is 3.40. The second-order valence-corrected chi connectivity index (χ2v) is 18.5. The highest BCUT2D eigenvalue weighted by atomic mass is 16.7. The molecule has 70 heavy (non-hydrogen) atoms. The lowest BCUT2D eigenvalue weighted by Crippen LogP contribution is -2.51. The first-order valence-corrected chi connectivity index (χ1v) is 24.2. The minimum Gasteiger partial charge on any atom is -0.459 e. The molecule has 3 aromatic carbocycles. The number of carbonyl (C=O) groups excluding carboxylic acids is 1. The summed E-state index contributed by atoms with van der Waals surface area (Å²) in [4.78, 5) is 82.0. The largest absolute Gasteiger partial charge is 0.459 e. The molecule has 0 radical (unpaired) electrons. The lowest BCUT2D eigenvalue weighted by Gasteiger charge is -2.37. The third-order valence-electron chi connectivity index (χ3n) is 12.1. The van der Waals surface area contributed by atoms with Crippen LogP contribution in [0, 0.1) is 0 Å². The monoisotopic (exact) mass is 954 g/mol. The number of benzene rings is 3. The first kappa shape index (κ1) is 51.1. The number of aromatic nitrogens is 3. The Bertz CT molecular complexity index is 2620. The summed E-state index contributed by atoms with van der Waals surface area (Å²) in [5.74, 6) is -0.285. The van der Waals surface area contributed by atoms with Crippen LogP contribution in [-0.4, -0.2) is 104 Å². The van der Waals surface area contributed by atoms with E-state index in [9.17, 15) is 19.2 Å². The molecular weight excluding hydrogens is 887 g/mol. The van der Waals surface area contributed by atoms with Crippen LogP contribution in [0.25, 0.3) is 0 Å². The predicted molar refractivity (Wildman–Crippen MR) is 270 cm³/mol. The Hall–Kier alpha value is -6.78. The summed E-state index contributed by atoms with van der Waals surface area (Å²) >= 11 is 0. The van der Waals surface area contributed by atoms with Crippen molar-refractivity contribution in [3.05, 3.63) is 210 Å². The molecular formula is C55H67N7O8. The summed E-state index contributed by atoms with van der Waals surface area (Å²) in [6, 6.07) is 44.2. The normalized spacial score (nSPS) is 15.3. The van der Waals surface area contributed by atoms with Gasteiger partial charge in [-0.25, -0.2) is 0 Å². The molecule has 1 unspecified atom stereocenters. The van der Waals surface area contributed by atoms with Crippen molar-refractivity contribution in [2.45, 2.75) is 85.2 Å². The topological polar surface area (TPSA) is 133 Å². The first-order chi connectivity index (χ1) is 33.9. The molecule has 3 aromatic heterocycles. The zero-order valence-corrected chi connectivity index (χ0v) is 40.9. The van der Waals surface area contributed by atoms with Crippen LogP contribution in [0.5, 0.6) is 0 Å². The van der Waals surface area contributed by atoms with Crippen LogP contribution in [0.3, 0.4) is 0 Å². The number of hydrogen-bond acceptors (Lipinski definition) is 12. The number of rotatable bonds is 18. The fourth-order valence-corrected chi connectivity index (χ4v) is 8.46. The average molecular weight is 954 g/mol. The zero-order chi connectivity index (χ0) is 49.3. The first-order valence-electron chi connectivity index (χ1n) is 24.2. The summed E-state index contributed by atoms with van der Waals surface area (Å²) in [7, 11) is 0. The van der Waals surface area contributed by atoms with E-state index in [-0.39, 0.29) is 42.5 Å². The molecule has 1 atom stereocenters. The minimum absolute atomic E-state index is 0.216. The minimum atomic E-state index is -0.678. The molecule has 0 spiro atoms. The molecule has 0 aliphatic carbocycles. The standard InChI is InChI=1S/C55H67N7O8/c1-5-50(54(66)70-55(2,3)4)59-36-34-57(39-48-25-16-28-52(64)61(48)68-42-45-20-11-7-12-21-45)32-30-56(38-47-24-15-27-51(63)60(47)67-41-44-18-9-6-10-19-44)31-33-58(35-37-59)40-49-26-17-29-53(65)62(49)69-43-46-22-13-8-14-23-46/h6-29,50H,5,30-43H2,1-4H3. The van der Waals surface area contributed by atoms with E-state index in [0.717, 1.165) is 16.7 Å². The average Bonchev–Trinajstić information content (AvgIpc) is 3.34. The maximum atomic E-state index is 14.0. The number of ether oxygens (including phenoxy) is 1. The Labute approximate surface area is 410 Å². The molecule has 15 nitrogen and oxygen atoms in total. The van der Waals surface area contributed by atoms with Crippen molar-refractivity contribution in [3.8, 4) is 0 Å². The fraction of sp³-hybridized carbons (Fsp3) is 0.382. The van der Waals surface area contributed by atoms with Crippen LogP contribution in [0.2, 0.25) is 0 Å². The van der Waals surface area contributed by atoms with Crippen molar-refractivity contribution < 1.29 is 24.0 Å². The molecule has 0 amide bonds. The Morgan fingerprint density at radius 3 is 1.07 bits per heavy atom. The summed E-state index contributed by atoms with van der Waals surface area (Å²) < 4.78 is 10.2. The van der Waals surface area contributed by atoms with Gasteiger partial charge in [0.1, 0.15) is 31.5 Å². The van der Waals surface area contributed by atoms with E-state index in [0.29, 0.717) is 95.5 Å². The number of esters is 1. The van der Waals surface area contributed by atoms with E-state index in [1.807, 2.05) is 137 Å². The molecule has 15 heteroatoms. The Morgan fingerprint density at radius 1 is 0.457 bits per heavy atom. The fourth-order valence-electron chi connectivity index (χ4n) is 8.46. The highest BCUT2D eigenvalue weighted by Crippen LogP contribution is 2.17. The van der Waals surface area contributed by atoms with Crippen molar-refractivity contribution in [2.24, 2.45) is 0 Å². The van der Waals surface area contributed by atoms with Crippen molar-refractivity contribution in [1.82, 2.24) is 33.8 Å². The van der Waals surface area contributed by atoms with Gasteiger partial charge in [-0.3, -0.25) is 38.8 Å². The molecule has 6 aromatic rings. The molecule has 7 rings (SSSR count). The van der Waals surface area contributed by atoms with Crippen LogP contribution < -0.4 is 31.2 Å². The second kappa shape index (κ2) is 25.2. The van der Waals surface area contributed by atoms with Gasteiger partial charge in [-0.05, 0) is 62.1 Å². The van der Waals surface area contributed by atoms with E-state index >= 15 is 0 Å². The molecule has 1 saturated heterocycles.